The van der Waals surface area contributed by atoms with Gasteiger partial charge in [0.05, 0.1) is 6.54 Å². The van der Waals surface area contributed by atoms with E-state index in [4.69, 9.17) is 5.73 Å². The molecule has 0 atom stereocenters. The molecule has 0 aromatic heterocycles. The van der Waals surface area contributed by atoms with Crippen molar-refractivity contribution >= 4 is 29.9 Å². The fraction of sp³-hybridized carbons (Fsp3) is 0.500. The topological polar surface area (TPSA) is 70.6 Å². The molecule has 0 unspecified atom stereocenters. The summed E-state index contributed by atoms with van der Waals surface area (Å²) in [5.41, 5.74) is 6.91. The molecule has 2 rings (SSSR count). The maximum absolute atomic E-state index is 9.18. The lowest BCUT2D eigenvalue weighted by molar-refractivity contribution is 0.412. The van der Waals surface area contributed by atoms with Crippen molar-refractivity contribution in [2.75, 3.05) is 0 Å². The van der Waals surface area contributed by atoms with Crippen LogP contribution in [0.4, 0.5) is 0 Å². The molecule has 19 heavy (non-hydrogen) atoms. The molecule has 0 amide bonds. The number of aromatic hydroxyl groups is 1. The summed E-state index contributed by atoms with van der Waals surface area (Å²) in [6, 6.07) is 7.52. The van der Waals surface area contributed by atoms with E-state index in [9.17, 15) is 5.11 Å². The van der Waals surface area contributed by atoms with E-state index in [1.807, 2.05) is 12.1 Å². The van der Waals surface area contributed by atoms with Gasteiger partial charge in [-0.3, -0.25) is 0 Å². The lowest BCUT2D eigenvalue weighted by atomic mass is 9.96. The van der Waals surface area contributed by atoms with E-state index in [0.717, 1.165) is 5.56 Å². The van der Waals surface area contributed by atoms with Crippen LogP contribution in [0, 0.1) is 0 Å². The number of aliphatic imine (C=N–C) groups is 1. The minimum Gasteiger partial charge on any atom is -0.508 e. The summed E-state index contributed by atoms with van der Waals surface area (Å²) in [5, 5.41) is 12.5. The van der Waals surface area contributed by atoms with Crippen molar-refractivity contribution in [3.05, 3.63) is 29.8 Å². The van der Waals surface area contributed by atoms with Crippen LogP contribution in [0.5, 0.6) is 5.75 Å². The second kappa shape index (κ2) is 8.24. The van der Waals surface area contributed by atoms with Crippen LogP contribution in [0.1, 0.15) is 37.7 Å². The third-order valence-electron chi connectivity index (χ3n) is 3.33. The molecular formula is C14H22IN3O. The third-order valence-corrected chi connectivity index (χ3v) is 3.33. The van der Waals surface area contributed by atoms with E-state index in [-0.39, 0.29) is 29.7 Å². The molecule has 1 aliphatic rings. The maximum Gasteiger partial charge on any atom is 0.189 e. The second-order valence-electron chi connectivity index (χ2n) is 4.85. The van der Waals surface area contributed by atoms with Crippen molar-refractivity contribution in [3.63, 3.8) is 0 Å². The Bertz CT molecular complexity index is 400. The van der Waals surface area contributed by atoms with Gasteiger partial charge in [0.25, 0.3) is 0 Å². The Hall–Kier alpha value is -0.980. The Morgan fingerprint density at radius 3 is 2.47 bits per heavy atom. The molecule has 5 heteroatoms. The maximum atomic E-state index is 9.18. The molecule has 0 aliphatic heterocycles. The Balaban J connectivity index is 0.00000180. The normalized spacial score (nSPS) is 16.7. The zero-order chi connectivity index (χ0) is 12.8. The fourth-order valence-electron chi connectivity index (χ4n) is 2.28. The smallest absolute Gasteiger partial charge is 0.189 e. The molecule has 0 heterocycles. The summed E-state index contributed by atoms with van der Waals surface area (Å²) >= 11 is 0. The van der Waals surface area contributed by atoms with E-state index in [1.165, 1.54) is 32.1 Å². The highest BCUT2D eigenvalue weighted by Gasteiger charge is 2.13. The molecule has 4 nitrogen and oxygen atoms in total. The summed E-state index contributed by atoms with van der Waals surface area (Å²) in [4.78, 5) is 4.32. The van der Waals surface area contributed by atoms with Crippen molar-refractivity contribution in [2.45, 2.75) is 44.7 Å². The number of hydrogen-bond acceptors (Lipinski definition) is 2. The van der Waals surface area contributed by atoms with Crippen LogP contribution in [0.25, 0.3) is 0 Å². The highest BCUT2D eigenvalue weighted by atomic mass is 127. The number of nitrogens with two attached hydrogens (primary N) is 1. The van der Waals surface area contributed by atoms with Gasteiger partial charge < -0.3 is 16.2 Å². The van der Waals surface area contributed by atoms with E-state index in [0.29, 0.717) is 18.5 Å². The van der Waals surface area contributed by atoms with Crippen LogP contribution < -0.4 is 11.1 Å². The van der Waals surface area contributed by atoms with Gasteiger partial charge >= 0.3 is 0 Å². The minimum absolute atomic E-state index is 0. The minimum atomic E-state index is 0. The fourth-order valence-corrected chi connectivity index (χ4v) is 2.28. The number of guanidine groups is 1. The molecule has 4 N–H and O–H groups in total. The molecule has 1 aromatic carbocycles. The molecule has 0 saturated heterocycles. The Morgan fingerprint density at radius 1 is 1.21 bits per heavy atom. The van der Waals surface area contributed by atoms with Gasteiger partial charge in [-0.2, -0.15) is 0 Å². The summed E-state index contributed by atoms with van der Waals surface area (Å²) in [6.07, 6.45) is 6.28. The Morgan fingerprint density at radius 2 is 1.84 bits per heavy atom. The first-order valence-electron chi connectivity index (χ1n) is 6.58. The SMILES string of the molecule is I.NC(=NCc1ccc(O)cc1)NC1CCCCC1. The predicted octanol–water partition coefficient (Wildman–Crippen LogP) is 2.75. The number of nitrogens with one attached hydrogen (secondary N) is 1. The van der Waals surface area contributed by atoms with Crippen LogP contribution in [-0.2, 0) is 6.54 Å². The monoisotopic (exact) mass is 375 g/mol. The zero-order valence-corrected chi connectivity index (χ0v) is 13.3. The average molecular weight is 375 g/mol. The van der Waals surface area contributed by atoms with Crippen molar-refractivity contribution < 1.29 is 5.11 Å². The molecule has 1 fully saturated rings. The summed E-state index contributed by atoms with van der Waals surface area (Å²) in [7, 11) is 0. The zero-order valence-electron chi connectivity index (χ0n) is 11.0. The van der Waals surface area contributed by atoms with Crippen LogP contribution >= 0.6 is 24.0 Å². The summed E-state index contributed by atoms with van der Waals surface area (Å²) < 4.78 is 0. The van der Waals surface area contributed by atoms with Gasteiger partial charge in [-0.15, -0.1) is 24.0 Å². The van der Waals surface area contributed by atoms with Crippen molar-refractivity contribution in [2.24, 2.45) is 10.7 Å². The van der Waals surface area contributed by atoms with Crippen LogP contribution in [0.2, 0.25) is 0 Å². The van der Waals surface area contributed by atoms with Crippen LogP contribution in [0.3, 0.4) is 0 Å². The van der Waals surface area contributed by atoms with Crippen LogP contribution in [-0.4, -0.2) is 17.1 Å². The molecule has 106 valence electrons. The van der Waals surface area contributed by atoms with E-state index >= 15 is 0 Å². The molecule has 1 aliphatic carbocycles. The molecule has 0 radical (unpaired) electrons. The Kier molecular flexibility index (Phi) is 6.97. The van der Waals surface area contributed by atoms with Crippen molar-refractivity contribution in [3.8, 4) is 5.75 Å². The number of nitrogens with zero attached hydrogens (tertiary/aromatic N) is 1. The number of halogens is 1. The molecular weight excluding hydrogens is 353 g/mol. The average Bonchev–Trinajstić information content (AvgIpc) is 2.39. The van der Waals surface area contributed by atoms with E-state index in [2.05, 4.69) is 10.3 Å². The molecule has 1 aromatic rings. The van der Waals surface area contributed by atoms with E-state index in [1.54, 1.807) is 12.1 Å². The van der Waals surface area contributed by atoms with Gasteiger partial charge in [-0.25, -0.2) is 4.99 Å². The lowest BCUT2D eigenvalue weighted by Crippen LogP contribution is -2.41. The van der Waals surface area contributed by atoms with Gasteiger partial charge in [-0.05, 0) is 30.5 Å². The van der Waals surface area contributed by atoms with Gasteiger partial charge in [0.2, 0.25) is 0 Å². The van der Waals surface area contributed by atoms with Gasteiger partial charge in [0.15, 0.2) is 5.96 Å². The predicted molar refractivity (Wildman–Crippen MR) is 88.9 cm³/mol. The number of rotatable bonds is 3. The van der Waals surface area contributed by atoms with Crippen molar-refractivity contribution in [1.82, 2.24) is 5.32 Å². The summed E-state index contributed by atoms with van der Waals surface area (Å²) in [5.74, 6) is 0.797. The molecule has 0 spiro atoms. The third kappa shape index (κ3) is 5.67. The van der Waals surface area contributed by atoms with Gasteiger partial charge in [0.1, 0.15) is 5.75 Å². The number of phenols is 1. The first-order valence-corrected chi connectivity index (χ1v) is 6.58. The number of hydrogen-bond donors (Lipinski definition) is 3. The highest BCUT2D eigenvalue weighted by molar-refractivity contribution is 14.0. The quantitative estimate of drug-likeness (QED) is 0.432. The first kappa shape index (κ1) is 16.1. The Labute approximate surface area is 131 Å². The molecule has 0 bridgehead atoms. The number of benzene rings is 1. The van der Waals surface area contributed by atoms with Gasteiger partial charge in [0, 0.05) is 6.04 Å². The van der Waals surface area contributed by atoms with E-state index < -0.39 is 0 Å². The number of phenolic OH excluding ortho intramolecular Hbond substituents is 1. The lowest BCUT2D eigenvalue weighted by Gasteiger charge is -2.23. The largest absolute Gasteiger partial charge is 0.508 e. The second-order valence-corrected chi connectivity index (χ2v) is 4.85. The first-order chi connectivity index (χ1) is 8.74. The molecule has 1 saturated carbocycles. The highest BCUT2D eigenvalue weighted by Crippen LogP contribution is 2.17. The van der Waals surface area contributed by atoms with Crippen LogP contribution in [0.15, 0.2) is 29.3 Å². The van der Waals surface area contributed by atoms with Gasteiger partial charge in [-0.1, -0.05) is 31.4 Å². The standard InChI is InChI=1S/C14H21N3O.HI/c15-14(17-12-4-2-1-3-5-12)16-10-11-6-8-13(18)9-7-11;/h6-9,12,18H,1-5,10H2,(H3,15,16,17);1H. The van der Waals surface area contributed by atoms with Crippen molar-refractivity contribution in [1.29, 1.82) is 0 Å². The summed E-state index contributed by atoms with van der Waals surface area (Å²) in [6.45, 7) is 0.547.